The summed E-state index contributed by atoms with van der Waals surface area (Å²) in [6.07, 6.45) is 7.01. The van der Waals surface area contributed by atoms with Crippen molar-refractivity contribution in [3.8, 4) is 0 Å². The zero-order chi connectivity index (χ0) is 16.5. The molecule has 2 heteroatoms. The van der Waals surface area contributed by atoms with Gasteiger partial charge in [0.2, 0.25) is 0 Å². The average molecular weight is 335 g/mol. The number of halogens is 1. The van der Waals surface area contributed by atoms with Crippen LogP contribution in [-0.2, 0) is 6.42 Å². The van der Waals surface area contributed by atoms with Gasteiger partial charge in [-0.2, -0.15) is 0 Å². The van der Waals surface area contributed by atoms with Gasteiger partial charge in [-0.1, -0.05) is 59.6 Å². The van der Waals surface area contributed by atoms with E-state index in [0.717, 1.165) is 48.3 Å². The third kappa shape index (κ3) is 2.85. The fraction of sp³-hybridized carbons (Fsp3) is 0.227. The molecule has 0 atom stereocenters. The number of benzene rings is 2. The SMILES string of the molecule is O=C1/C(=C2/CC=C(c3ccc(Cl)cc3)CC2)CCc2ccccc21. The van der Waals surface area contributed by atoms with E-state index in [9.17, 15) is 4.79 Å². The van der Waals surface area contributed by atoms with E-state index < -0.39 is 0 Å². The number of ketones is 1. The topological polar surface area (TPSA) is 17.1 Å². The summed E-state index contributed by atoms with van der Waals surface area (Å²) in [5, 5.41) is 0.768. The normalized spacial score (nSPS) is 20.5. The standard InChI is InChI=1S/C22H19ClO/c23-19-12-9-16(10-13-19)15-5-7-18(8-6-15)21-14-11-17-3-1-2-4-20(17)22(21)24/h1-5,9-10,12-13H,6-8,11,14H2/b21-18-. The minimum absolute atomic E-state index is 0.246. The highest BCUT2D eigenvalue weighted by Gasteiger charge is 2.25. The molecule has 0 heterocycles. The van der Waals surface area contributed by atoms with Crippen LogP contribution in [0.1, 0.15) is 47.2 Å². The number of carbonyl (C=O) groups is 1. The number of rotatable bonds is 1. The average Bonchev–Trinajstić information content (AvgIpc) is 2.63. The van der Waals surface area contributed by atoms with Crippen LogP contribution in [0.4, 0.5) is 0 Å². The van der Waals surface area contributed by atoms with Crippen LogP contribution in [0.2, 0.25) is 5.02 Å². The molecule has 0 spiro atoms. The number of aryl methyl sites for hydroxylation is 1. The molecule has 2 aliphatic rings. The lowest BCUT2D eigenvalue weighted by molar-refractivity contribution is 0.102. The van der Waals surface area contributed by atoms with E-state index in [1.807, 2.05) is 30.3 Å². The molecule has 0 saturated carbocycles. The smallest absolute Gasteiger partial charge is 0.189 e. The van der Waals surface area contributed by atoms with Crippen LogP contribution in [0.15, 0.2) is 65.8 Å². The number of hydrogen-bond donors (Lipinski definition) is 0. The Morgan fingerprint density at radius 1 is 0.833 bits per heavy atom. The fourth-order valence-electron chi connectivity index (χ4n) is 3.77. The Hall–Kier alpha value is -2.12. The van der Waals surface area contributed by atoms with Crippen LogP contribution in [-0.4, -0.2) is 5.78 Å². The van der Waals surface area contributed by atoms with E-state index in [1.165, 1.54) is 22.3 Å². The molecule has 0 bridgehead atoms. The highest BCUT2D eigenvalue weighted by Crippen LogP contribution is 2.35. The molecule has 0 fully saturated rings. The second-order valence-corrected chi connectivity index (χ2v) is 6.95. The predicted molar refractivity (Wildman–Crippen MR) is 99.4 cm³/mol. The molecule has 0 unspecified atom stereocenters. The molecular formula is C22H19ClO. The number of fused-ring (bicyclic) bond motifs is 1. The van der Waals surface area contributed by atoms with Crippen molar-refractivity contribution in [2.75, 3.05) is 0 Å². The molecule has 2 aromatic rings. The van der Waals surface area contributed by atoms with Crippen molar-refractivity contribution < 1.29 is 4.79 Å². The van der Waals surface area contributed by atoms with E-state index in [-0.39, 0.29) is 5.78 Å². The Balaban J connectivity index is 1.60. The predicted octanol–water partition coefficient (Wildman–Crippen LogP) is 6.03. The van der Waals surface area contributed by atoms with Crippen LogP contribution in [0.5, 0.6) is 0 Å². The monoisotopic (exact) mass is 334 g/mol. The molecular weight excluding hydrogens is 316 g/mol. The third-order valence-electron chi connectivity index (χ3n) is 5.11. The quantitative estimate of drug-likeness (QED) is 0.581. The van der Waals surface area contributed by atoms with Crippen molar-refractivity contribution in [2.24, 2.45) is 0 Å². The molecule has 0 amide bonds. The van der Waals surface area contributed by atoms with Crippen molar-refractivity contribution >= 4 is 23.0 Å². The van der Waals surface area contributed by atoms with Crippen LogP contribution >= 0.6 is 11.6 Å². The van der Waals surface area contributed by atoms with Gasteiger partial charge in [-0.25, -0.2) is 0 Å². The molecule has 1 nitrogen and oxygen atoms in total. The van der Waals surface area contributed by atoms with Gasteiger partial charge in [-0.3, -0.25) is 4.79 Å². The van der Waals surface area contributed by atoms with Gasteiger partial charge in [-0.05, 0) is 66.5 Å². The summed E-state index contributed by atoms with van der Waals surface area (Å²) in [5.41, 5.74) is 7.08. The first-order chi connectivity index (χ1) is 11.7. The first-order valence-corrected chi connectivity index (χ1v) is 8.88. The van der Waals surface area contributed by atoms with E-state index in [1.54, 1.807) is 0 Å². The maximum absolute atomic E-state index is 12.8. The van der Waals surface area contributed by atoms with Gasteiger partial charge in [0.15, 0.2) is 5.78 Å². The van der Waals surface area contributed by atoms with Gasteiger partial charge in [0.25, 0.3) is 0 Å². The van der Waals surface area contributed by atoms with Gasteiger partial charge in [-0.15, -0.1) is 0 Å². The first kappa shape index (κ1) is 15.4. The molecule has 0 saturated heterocycles. The third-order valence-corrected chi connectivity index (χ3v) is 5.37. The number of carbonyl (C=O) groups excluding carboxylic acids is 1. The van der Waals surface area contributed by atoms with Crippen molar-refractivity contribution in [3.05, 3.63) is 87.5 Å². The van der Waals surface area contributed by atoms with Gasteiger partial charge in [0, 0.05) is 10.6 Å². The molecule has 0 radical (unpaired) electrons. The van der Waals surface area contributed by atoms with E-state index >= 15 is 0 Å². The van der Waals surface area contributed by atoms with Gasteiger partial charge < -0.3 is 0 Å². The molecule has 120 valence electrons. The zero-order valence-electron chi connectivity index (χ0n) is 13.5. The van der Waals surface area contributed by atoms with Crippen molar-refractivity contribution in [3.63, 3.8) is 0 Å². The van der Waals surface area contributed by atoms with Gasteiger partial charge >= 0.3 is 0 Å². The second-order valence-electron chi connectivity index (χ2n) is 6.51. The largest absolute Gasteiger partial charge is 0.289 e. The van der Waals surface area contributed by atoms with Crippen molar-refractivity contribution in [1.29, 1.82) is 0 Å². The summed E-state index contributed by atoms with van der Waals surface area (Å²) >= 11 is 5.97. The molecule has 0 aliphatic heterocycles. The molecule has 4 rings (SSSR count). The Bertz CT molecular complexity index is 856. The van der Waals surface area contributed by atoms with Crippen LogP contribution < -0.4 is 0 Å². The van der Waals surface area contributed by atoms with Crippen LogP contribution in [0.25, 0.3) is 5.57 Å². The summed E-state index contributed by atoms with van der Waals surface area (Å²) in [7, 11) is 0. The highest BCUT2D eigenvalue weighted by atomic mass is 35.5. The van der Waals surface area contributed by atoms with E-state index in [4.69, 9.17) is 11.6 Å². The summed E-state index contributed by atoms with van der Waals surface area (Å²) in [6, 6.07) is 16.1. The molecule has 2 aromatic carbocycles. The molecule has 0 aromatic heterocycles. The highest BCUT2D eigenvalue weighted by molar-refractivity contribution is 6.30. The maximum Gasteiger partial charge on any atom is 0.189 e. The van der Waals surface area contributed by atoms with E-state index in [2.05, 4.69) is 24.3 Å². The summed E-state index contributed by atoms with van der Waals surface area (Å²) in [4.78, 5) is 12.8. The minimum Gasteiger partial charge on any atom is -0.289 e. The van der Waals surface area contributed by atoms with Crippen molar-refractivity contribution in [2.45, 2.75) is 32.1 Å². The summed E-state index contributed by atoms with van der Waals surface area (Å²) in [6.45, 7) is 0. The lowest BCUT2D eigenvalue weighted by atomic mass is 9.80. The lowest BCUT2D eigenvalue weighted by Crippen LogP contribution is -2.16. The number of Topliss-reactive ketones (excluding diaryl/α,β-unsaturated/α-hetero) is 1. The first-order valence-electron chi connectivity index (χ1n) is 8.51. The Morgan fingerprint density at radius 3 is 2.38 bits per heavy atom. The molecule has 0 N–H and O–H groups in total. The summed E-state index contributed by atoms with van der Waals surface area (Å²) in [5.74, 6) is 0.246. The fourth-order valence-corrected chi connectivity index (χ4v) is 3.90. The maximum atomic E-state index is 12.8. The van der Waals surface area contributed by atoms with Crippen LogP contribution in [0.3, 0.4) is 0 Å². The van der Waals surface area contributed by atoms with Crippen molar-refractivity contribution in [1.82, 2.24) is 0 Å². The molecule has 24 heavy (non-hydrogen) atoms. The Morgan fingerprint density at radius 2 is 1.62 bits per heavy atom. The molecule has 2 aliphatic carbocycles. The number of allylic oxidation sites excluding steroid dienone is 4. The zero-order valence-corrected chi connectivity index (χ0v) is 14.3. The van der Waals surface area contributed by atoms with Crippen LogP contribution in [0, 0.1) is 0 Å². The minimum atomic E-state index is 0.246. The Kier molecular flexibility index (Phi) is 4.12. The van der Waals surface area contributed by atoms with E-state index in [0.29, 0.717) is 0 Å². The summed E-state index contributed by atoms with van der Waals surface area (Å²) < 4.78 is 0. The second kappa shape index (κ2) is 6.41. The number of hydrogen-bond acceptors (Lipinski definition) is 1. The Labute approximate surface area is 147 Å². The lowest BCUT2D eigenvalue weighted by Gasteiger charge is -2.23. The van der Waals surface area contributed by atoms with Gasteiger partial charge in [0.1, 0.15) is 0 Å². The van der Waals surface area contributed by atoms with Gasteiger partial charge in [0.05, 0.1) is 0 Å².